The molecule has 0 saturated carbocycles. The molecule has 0 bridgehead atoms. The Balaban J connectivity index is 2.71. The summed E-state index contributed by atoms with van der Waals surface area (Å²) in [7, 11) is 0. The smallest absolute Gasteiger partial charge is 0.244 e. The Kier molecular flexibility index (Phi) is 4.66. The molecule has 15 heavy (non-hydrogen) atoms. The van der Waals surface area contributed by atoms with Crippen molar-refractivity contribution in [3.8, 4) is 11.8 Å². The van der Waals surface area contributed by atoms with Gasteiger partial charge in [0, 0.05) is 0 Å². The number of aromatic nitrogens is 2. The van der Waals surface area contributed by atoms with Crippen molar-refractivity contribution in [1.82, 2.24) is 9.97 Å². The van der Waals surface area contributed by atoms with E-state index >= 15 is 0 Å². The van der Waals surface area contributed by atoms with Crippen molar-refractivity contribution in [2.75, 3.05) is 18.9 Å². The molecule has 1 aromatic rings. The lowest BCUT2D eigenvalue weighted by Crippen LogP contribution is -2.06. The molecule has 0 atom stereocenters. The molecular formula is C10H17N3O2. The number of rotatable bonds is 6. The minimum absolute atomic E-state index is 0.374. The summed E-state index contributed by atoms with van der Waals surface area (Å²) in [6.45, 7) is 5.22. The van der Waals surface area contributed by atoms with Crippen LogP contribution in [0.2, 0.25) is 0 Å². The number of anilines is 1. The predicted molar refractivity (Wildman–Crippen MR) is 58.0 cm³/mol. The van der Waals surface area contributed by atoms with Crippen LogP contribution in [0.3, 0.4) is 0 Å². The maximum Gasteiger partial charge on any atom is 0.244 e. The van der Waals surface area contributed by atoms with Crippen LogP contribution in [0, 0.1) is 0 Å². The lowest BCUT2D eigenvalue weighted by Gasteiger charge is -2.09. The fourth-order valence-electron chi connectivity index (χ4n) is 0.992. The molecule has 1 heterocycles. The van der Waals surface area contributed by atoms with Crippen molar-refractivity contribution in [2.24, 2.45) is 0 Å². The molecule has 1 aromatic heterocycles. The second-order valence-corrected chi connectivity index (χ2v) is 3.09. The zero-order valence-electron chi connectivity index (χ0n) is 9.19. The van der Waals surface area contributed by atoms with Crippen LogP contribution >= 0.6 is 0 Å². The van der Waals surface area contributed by atoms with Gasteiger partial charge in [-0.3, -0.25) is 0 Å². The standard InChI is InChI=1S/C10H17N3O2/c1-3-5-14-9-8(11)10(13-7-12-9)15-6-4-2/h7H,3-6,11H2,1-2H3. The Morgan fingerprint density at radius 1 is 1.07 bits per heavy atom. The first-order valence-corrected chi connectivity index (χ1v) is 5.15. The minimum Gasteiger partial charge on any atom is -0.476 e. The molecule has 0 amide bonds. The van der Waals surface area contributed by atoms with Crippen molar-refractivity contribution in [1.29, 1.82) is 0 Å². The van der Waals surface area contributed by atoms with Gasteiger partial charge in [0.25, 0.3) is 0 Å². The second kappa shape index (κ2) is 6.06. The quantitative estimate of drug-likeness (QED) is 0.774. The summed E-state index contributed by atoms with van der Waals surface area (Å²) in [5.74, 6) is 0.802. The van der Waals surface area contributed by atoms with Crippen molar-refractivity contribution in [3.63, 3.8) is 0 Å². The van der Waals surface area contributed by atoms with Gasteiger partial charge < -0.3 is 15.2 Å². The molecule has 84 valence electrons. The first kappa shape index (κ1) is 11.6. The minimum atomic E-state index is 0.374. The molecule has 0 aliphatic carbocycles. The number of ether oxygens (including phenoxy) is 2. The number of nitrogens with two attached hydrogens (primary N) is 1. The van der Waals surface area contributed by atoms with E-state index in [-0.39, 0.29) is 0 Å². The molecule has 0 aliphatic rings. The van der Waals surface area contributed by atoms with E-state index in [4.69, 9.17) is 15.2 Å². The van der Waals surface area contributed by atoms with Crippen LogP contribution in [-0.2, 0) is 0 Å². The summed E-state index contributed by atoms with van der Waals surface area (Å²) in [6.07, 6.45) is 3.22. The average molecular weight is 211 g/mol. The van der Waals surface area contributed by atoms with Crippen molar-refractivity contribution >= 4 is 5.69 Å². The summed E-state index contributed by atoms with van der Waals surface area (Å²) in [6, 6.07) is 0. The van der Waals surface area contributed by atoms with Gasteiger partial charge in [0.1, 0.15) is 6.33 Å². The van der Waals surface area contributed by atoms with E-state index in [2.05, 4.69) is 9.97 Å². The van der Waals surface area contributed by atoms with Crippen LogP contribution in [0.1, 0.15) is 26.7 Å². The van der Waals surface area contributed by atoms with Crippen LogP contribution in [-0.4, -0.2) is 23.2 Å². The highest BCUT2D eigenvalue weighted by Gasteiger charge is 2.09. The first-order chi connectivity index (χ1) is 7.29. The van der Waals surface area contributed by atoms with Crippen molar-refractivity contribution in [3.05, 3.63) is 6.33 Å². The summed E-state index contributed by atoms with van der Waals surface area (Å²) in [5, 5.41) is 0. The second-order valence-electron chi connectivity index (χ2n) is 3.09. The fourth-order valence-corrected chi connectivity index (χ4v) is 0.992. The van der Waals surface area contributed by atoms with Gasteiger partial charge in [-0.2, -0.15) is 9.97 Å². The molecule has 0 saturated heterocycles. The lowest BCUT2D eigenvalue weighted by molar-refractivity contribution is 0.289. The van der Waals surface area contributed by atoms with E-state index in [9.17, 15) is 0 Å². The molecular weight excluding hydrogens is 194 g/mol. The van der Waals surface area contributed by atoms with Gasteiger partial charge in [-0.15, -0.1) is 0 Å². The Morgan fingerprint density at radius 3 is 1.93 bits per heavy atom. The number of hydrogen-bond acceptors (Lipinski definition) is 5. The molecule has 5 heteroatoms. The van der Waals surface area contributed by atoms with E-state index in [1.807, 2.05) is 13.8 Å². The zero-order valence-corrected chi connectivity index (χ0v) is 9.19. The van der Waals surface area contributed by atoms with Crippen LogP contribution < -0.4 is 15.2 Å². The van der Waals surface area contributed by atoms with Crippen LogP contribution in [0.5, 0.6) is 11.8 Å². The molecule has 0 spiro atoms. The van der Waals surface area contributed by atoms with Crippen LogP contribution in [0.15, 0.2) is 6.33 Å². The highest BCUT2D eigenvalue weighted by atomic mass is 16.5. The van der Waals surface area contributed by atoms with Crippen molar-refractivity contribution < 1.29 is 9.47 Å². The normalized spacial score (nSPS) is 10.0. The van der Waals surface area contributed by atoms with Gasteiger partial charge in [0.05, 0.1) is 13.2 Å². The Bertz CT molecular complexity index is 278. The van der Waals surface area contributed by atoms with E-state index in [1.54, 1.807) is 0 Å². The summed E-state index contributed by atoms with van der Waals surface area (Å²) >= 11 is 0. The number of nitrogens with zero attached hydrogens (tertiary/aromatic N) is 2. The molecule has 5 nitrogen and oxygen atoms in total. The Morgan fingerprint density at radius 2 is 1.53 bits per heavy atom. The third-order valence-corrected chi connectivity index (χ3v) is 1.70. The summed E-state index contributed by atoms with van der Waals surface area (Å²) < 4.78 is 10.7. The van der Waals surface area contributed by atoms with Gasteiger partial charge >= 0.3 is 0 Å². The fraction of sp³-hybridized carbons (Fsp3) is 0.600. The third kappa shape index (κ3) is 3.27. The molecule has 0 aromatic carbocycles. The number of nitrogen functional groups attached to an aromatic ring is 1. The maximum atomic E-state index is 5.79. The van der Waals surface area contributed by atoms with Crippen molar-refractivity contribution in [2.45, 2.75) is 26.7 Å². The SMILES string of the molecule is CCCOc1ncnc(OCCC)c1N. The summed E-state index contributed by atoms with van der Waals surface area (Å²) in [5.41, 5.74) is 6.16. The molecule has 0 radical (unpaired) electrons. The monoisotopic (exact) mass is 211 g/mol. The van der Waals surface area contributed by atoms with Gasteiger partial charge in [-0.05, 0) is 12.8 Å². The highest BCUT2D eigenvalue weighted by molar-refractivity contribution is 5.55. The zero-order chi connectivity index (χ0) is 11.1. The highest BCUT2D eigenvalue weighted by Crippen LogP contribution is 2.26. The van der Waals surface area contributed by atoms with E-state index in [1.165, 1.54) is 6.33 Å². The van der Waals surface area contributed by atoms with Gasteiger partial charge in [0.2, 0.25) is 11.8 Å². The molecule has 0 unspecified atom stereocenters. The molecule has 0 aliphatic heterocycles. The Hall–Kier alpha value is -1.52. The first-order valence-electron chi connectivity index (χ1n) is 5.15. The lowest BCUT2D eigenvalue weighted by atomic mass is 10.4. The molecule has 2 N–H and O–H groups in total. The number of hydrogen-bond donors (Lipinski definition) is 1. The largest absolute Gasteiger partial charge is 0.476 e. The average Bonchev–Trinajstić information content (AvgIpc) is 2.26. The summed E-state index contributed by atoms with van der Waals surface area (Å²) in [4.78, 5) is 7.89. The maximum absolute atomic E-state index is 5.79. The van der Waals surface area contributed by atoms with Gasteiger partial charge in [0.15, 0.2) is 5.69 Å². The van der Waals surface area contributed by atoms with E-state index in [0.29, 0.717) is 30.7 Å². The topological polar surface area (TPSA) is 70.3 Å². The van der Waals surface area contributed by atoms with Crippen LogP contribution in [0.25, 0.3) is 0 Å². The predicted octanol–water partition coefficient (Wildman–Crippen LogP) is 1.64. The van der Waals surface area contributed by atoms with E-state index < -0.39 is 0 Å². The Labute approximate surface area is 89.6 Å². The molecule has 0 fully saturated rings. The van der Waals surface area contributed by atoms with Crippen LogP contribution in [0.4, 0.5) is 5.69 Å². The van der Waals surface area contributed by atoms with E-state index in [0.717, 1.165) is 12.8 Å². The third-order valence-electron chi connectivity index (χ3n) is 1.70. The van der Waals surface area contributed by atoms with Gasteiger partial charge in [-0.25, -0.2) is 0 Å². The van der Waals surface area contributed by atoms with Gasteiger partial charge in [-0.1, -0.05) is 13.8 Å². The molecule has 1 rings (SSSR count).